The monoisotopic (exact) mass is 382 g/mol. The molecule has 0 atom stereocenters. The summed E-state index contributed by atoms with van der Waals surface area (Å²) in [6.07, 6.45) is 0. The standard InChI is InChI=1S/C20H18N2O4S/c1-24-15-7-5-13(6-8-15)20-22-16(12-27-20)19(23)21-11-14-3-2-4-17-18(14)26-10-9-25-17/h2-8,12H,9-11H2,1H3,(H,21,23). The van der Waals surface area contributed by atoms with E-state index in [9.17, 15) is 4.79 Å². The van der Waals surface area contributed by atoms with Gasteiger partial charge in [-0.25, -0.2) is 4.98 Å². The van der Waals surface area contributed by atoms with Gasteiger partial charge in [-0.15, -0.1) is 11.3 Å². The van der Waals surface area contributed by atoms with Crippen LogP contribution in [-0.2, 0) is 6.54 Å². The van der Waals surface area contributed by atoms with E-state index < -0.39 is 0 Å². The zero-order valence-electron chi connectivity index (χ0n) is 14.7. The highest BCUT2D eigenvalue weighted by Gasteiger charge is 2.17. The number of methoxy groups -OCH3 is 1. The summed E-state index contributed by atoms with van der Waals surface area (Å²) in [5, 5.41) is 5.45. The van der Waals surface area contributed by atoms with Crippen LogP contribution in [0, 0.1) is 0 Å². The van der Waals surface area contributed by atoms with Crippen LogP contribution >= 0.6 is 11.3 Å². The summed E-state index contributed by atoms with van der Waals surface area (Å²) in [6.45, 7) is 1.39. The van der Waals surface area contributed by atoms with Crippen molar-refractivity contribution < 1.29 is 19.0 Å². The first-order valence-electron chi connectivity index (χ1n) is 8.50. The molecule has 0 saturated heterocycles. The molecule has 0 unspecified atom stereocenters. The second-order valence-electron chi connectivity index (χ2n) is 5.89. The Bertz CT molecular complexity index is 953. The van der Waals surface area contributed by atoms with E-state index in [0.717, 1.165) is 21.9 Å². The summed E-state index contributed by atoms with van der Waals surface area (Å²) in [5.41, 5.74) is 2.22. The Balaban J connectivity index is 1.44. The summed E-state index contributed by atoms with van der Waals surface area (Å²) in [4.78, 5) is 16.9. The number of benzene rings is 2. The van der Waals surface area contributed by atoms with Gasteiger partial charge in [-0.2, -0.15) is 0 Å². The lowest BCUT2D eigenvalue weighted by Crippen LogP contribution is -2.24. The highest BCUT2D eigenvalue weighted by Crippen LogP contribution is 2.33. The summed E-state index contributed by atoms with van der Waals surface area (Å²) >= 11 is 1.43. The van der Waals surface area contributed by atoms with Crippen molar-refractivity contribution >= 4 is 17.2 Å². The molecule has 6 nitrogen and oxygen atoms in total. The fourth-order valence-corrected chi connectivity index (χ4v) is 3.59. The van der Waals surface area contributed by atoms with Crippen LogP contribution in [0.15, 0.2) is 47.8 Å². The highest BCUT2D eigenvalue weighted by atomic mass is 32.1. The second kappa shape index (κ2) is 7.67. The maximum atomic E-state index is 12.5. The van der Waals surface area contributed by atoms with Crippen molar-refractivity contribution in [2.75, 3.05) is 20.3 Å². The van der Waals surface area contributed by atoms with Crippen molar-refractivity contribution in [2.24, 2.45) is 0 Å². The Morgan fingerprint density at radius 1 is 1.19 bits per heavy atom. The molecule has 1 amide bonds. The minimum Gasteiger partial charge on any atom is -0.497 e. The Morgan fingerprint density at radius 2 is 2.00 bits per heavy atom. The lowest BCUT2D eigenvalue weighted by atomic mass is 10.1. The lowest BCUT2D eigenvalue weighted by molar-refractivity contribution is 0.0945. The normalized spacial score (nSPS) is 12.5. The Hall–Kier alpha value is -3.06. The van der Waals surface area contributed by atoms with Crippen molar-refractivity contribution in [3.8, 4) is 27.8 Å². The van der Waals surface area contributed by atoms with Crippen LogP contribution in [0.25, 0.3) is 10.6 Å². The van der Waals surface area contributed by atoms with Gasteiger partial charge in [-0.1, -0.05) is 12.1 Å². The summed E-state index contributed by atoms with van der Waals surface area (Å²) in [6, 6.07) is 13.3. The van der Waals surface area contributed by atoms with Crippen molar-refractivity contribution in [3.05, 3.63) is 59.1 Å². The van der Waals surface area contributed by atoms with E-state index in [-0.39, 0.29) is 5.91 Å². The van der Waals surface area contributed by atoms with Gasteiger partial charge in [-0.3, -0.25) is 4.79 Å². The molecule has 1 aliphatic rings. The fraction of sp³-hybridized carbons (Fsp3) is 0.200. The number of ether oxygens (including phenoxy) is 3. The third kappa shape index (κ3) is 3.73. The molecule has 0 fully saturated rings. The van der Waals surface area contributed by atoms with Crippen LogP contribution in [0.5, 0.6) is 17.2 Å². The number of para-hydroxylation sites is 1. The molecule has 1 aromatic heterocycles. The number of nitrogens with one attached hydrogen (secondary N) is 1. The lowest BCUT2D eigenvalue weighted by Gasteiger charge is -2.21. The zero-order chi connectivity index (χ0) is 18.6. The van der Waals surface area contributed by atoms with E-state index in [0.29, 0.717) is 37.0 Å². The Kier molecular flexibility index (Phi) is 4.93. The highest BCUT2D eigenvalue weighted by molar-refractivity contribution is 7.13. The molecule has 0 aliphatic carbocycles. The van der Waals surface area contributed by atoms with Gasteiger partial charge >= 0.3 is 0 Å². The zero-order valence-corrected chi connectivity index (χ0v) is 15.5. The van der Waals surface area contributed by atoms with Gasteiger partial charge < -0.3 is 19.5 Å². The third-order valence-electron chi connectivity index (χ3n) is 4.16. The minimum atomic E-state index is -0.222. The third-order valence-corrected chi connectivity index (χ3v) is 5.05. The molecule has 2 heterocycles. The number of carbonyl (C=O) groups is 1. The van der Waals surface area contributed by atoms with Gasteiger partial charge in [0, 0.05) is 23.1 Å². The van der Waals surface area contributed by atoms with Crippen LogP contribution in [0.3, 0.4) is 0 Å². The molecule has 4 rings (SSSR count). The first-order valence-corrected chi connectivity index (χ1v) is 9.38. The maximum absolute atomic E-state index is 12.5. The number of carbonyl (C=O) groups excluding carboxylic acids is 1. The molecule has 27 heavy (non-hydrogen) atoms. The van der Waals surface area contributed by atoms with E-state index in [1.54, 1.807) is 12.5 Å². The largest absolute Gasteiger partial charge is 0.497 e. The van der Waals surface area contributed by atoms with Crippen molar-refractivity contribution in [1.82, 2.24) is 10.3 Å². The predicted molar refractivity (Wildman–Crippen MR) is 103 cm³/mol. The molecular formula is C20H18N2O4S. The molecule has 1 aliphatic heterocycles. The molecule has 2 aromatic carbocycles. The predicted octanol–water partition coefficient (Wildman–Crippen LogP) is 3.52. The molecule has 0 bridgehead atoms. The van der Waals surface area contributed by atoms with Crippen LogP contribution in [-0.4, -0.2) is 31.2 Å². The fourth-order valence-electron chi connectivity index (χ4n) is 2.78. The number of amides is 1. The molecule has 3 aromatic rings. The number of rotatable bonds is 5. The van der Waals surface area contributed by atoms with Gasteiger partial charge in [0.25, 0.3) is 5.91 Å². The van der Waals surface area contributed by atoms with E-state index in [2.05, 4.69) is 10.3 Å². The number of thiazole rings is 1. The molecular weight excluding hydrogens is 364 g/mol. The van der Waals surface area contributed by atoms with Crippen LogP contribution < -0.4 is 19.5 Å². The molecule has 1 N–H and O–H groups in total. The van der Waals surface area contributed by atoms with E-state index in [1.165, 1.54) is 11.3 Å². The molecule has 0 saturated carbocycles. The number of aromatic nitrogens is 1. The Labute approximate surface area is 160 Å². The summed E-state index contributed by atoms with van der Waals surface area (Å²) in [5.74, 6) is 1.97. The average molecular weight is 382 g/mol. The van der Waals surface area contributed by atoms with Crippen molar-refractivity contribution in [1.29, 1.82) is 0 Å². The van der Waals surface area contributed by atoms with Crippen molar-refractivity contribution in [2.45, 2.75) is 6.54 Å². The quantitative estimate of drug-likeness (QED) is 0.731. The molecule has 0 spiro atoms. The number of hydrogen-bond donors (Lipinski definition) is 1. The summed E-state index contributed by atoms with van der Waals surface area (Å²) in [7, 11) is 1.63. The molecule has 0 radical (unpaired) electrons. The minimum absolute atomic E-state index is 0.222. The van der Waals surface area contributed by atoms with Crippen LogP contribution in [0.2, 0.25) is 0 Å². The van der Waals surface area contributed by atoms with Gasteiger partial charge in [0.2, 0.25) is 0 Å². The number of nitrogens with zero attached hydrogens (tertiary/aromatic N) is 1. The average Bonchev–Trinajstić information content (AvgIpc) is 3.22. The van der Waals surface area contributed by atoms with Crippen LogP contribution in [0.4, 0.5) is 0 Å². The van der Waals surface area contributed by atoms with Crippen LogP contribution in [0.1, 0.15) is 16.1 Å². The SMILES string of the molecule is COc1ccc(-c2nc(C(=O)NCc3cccc4c3OCCO4)cs2)cc1. The maximum Gasteiger partial charge on any atom is 0.271 e. The van der Waals surface area contributed by atoms with E-state index in [4.69, 9.17) is 14.2 Å². The molecule has 138 valence electrons. The number of hydrogen-bond acceptors (Lipinski definition) is 6. The summed E-state index contributed by atoms with van der Waals surface area (Å²) < 4.78 is 16.4. The van der Waals surface area contributed by atoms with Gasteiger partial charge in [0.1, 0.15) is 29.7 Å². The van der Waals surface area contributed by atoms with Crippen molar-refractivity contribution in [3.63, 3.8) is 0 Å². The van der Waals surface area contributed by atoms with Gasteiger partial charge in [0.15, 0.2) is 11.5 Å². The first-order chi connectivity index (χ1) is 13.2. The van der Waals surface area contributed by atoms with E-state index in [1.807, 2.05) is 42.5 Å². The number of fused-ring (bicyclic) bond motifs is 1. The first kappa shape index (κ1) is 17.4. The second-order valence-corrected chi connectivity index (χ2v) is 6.75. The molecule has 7 heteroatoms. The topological polar surface area (TPSA) is 69.7 Å². The Morgan fingerprint density at radius 3 is 2.81 bits per heavy atom. The van der Waals surface area contributed by atoms with E-state index >= 15 is 0 Å². The van der Waals surface area contributed by atoms with Gasteiger partial charge in [0.05, 0.1) is 7.11 Å². The smallest absolute Gasteiger partial charge is 0.271 e. The van der Waals surface area contributed by atoms with Gasteiger partial charge in [-0.05, 0) is 30.3 Å².